The molecule has 150 valence electrons. The van der Waals surface area contributed by atoms with Crippen LogP contribution in [0.25, 0.3) is 22.4 Å². The Morgan fingerprint density at radius 2 is 1.80 bits per heavy atom. The van der Waals surface area contributed by atoms with Crippen LogP contribution < -0.4 is 10.9 Å². The molecule has 30 heavy (non-hydrogen) atoms. The van der Waals surface area contributed by atoms with Crippen LogP contribution in [-0.2, 0) is 20.9 Å². The summed E-state index contributed by atoms with van der Waals surface area (Å²) in [6, 6.07) is 15.7. The second-order valence-corrected chi connectivity index (χ2v) is 6.18. The van der Waals surface area contributed by atoms with E-state index in [0.29, 0.717) is 16.5 Å². The first-order valence-electron chi connectivity index (χ1n) is 8.89. The van der Waals surface area contributed by atoms with Gasteiger partial charge in [0.05, 0.1) is 17.2 Å². The van der Waals surface area contributed by atoms with Crippen molar-refractivity contribution in [3.63, 3.8) is 0 Å². The minimum absolute atomic E-state index is 0.121. The maximum atomic E-state index is 12.4. The van der Waals surface area contributed by atoms with E-state index in [1.165, 1.54) is 6.33 Å². The third kappa shape index (κ3) is 4.22. The van der Waals surface area contributed by atoms with Crippen molar-refractivity contribution in [2.24, 2.45) is 0 Å². The van der Waals surface area contributed by atoms with Gasteiger partial charge in [-0.25, -0.2) is 4.98 Å². The lowest BCUT2D eigenvalue weighted by molar-refractivity contribution is -0.148. The summed E-state index contributed by atoms with van der Waals surface area (Å²) >= 11 is 0. The number of carbonyl (C=O) groups excluding carboxylic acids is 2. The molecule has 0 saturated heterocycles. The molecular weight excluding hydrogens is 390 g/mol. The lowest BCUT2D eigenvalue weighted by Gasteiger charge is -2.07. The topological polar surface area (TPSA) is 129 Å². The Labute approximate surface area is 169 Å². The molecule has 1 N–H and O–H groups in total. The highest BCUT2D eigenvalue weighted by Crippen LogP contribution is 2.18. The number of ether oxygens (including phenoxy) is 1. The zero-order chi connectivity index (χ0) is 20.9. The molecule has 4 rings (SSSR count). The van der Waals surface area contributed by atoms with Crippen LogP contribution in [0.3, 0.4) is 0 Å². The number of anilines is 1. The van der Waals surface area contributed by atoms with Gasteiger partial charge >= 0.3 is 12.0 Å². The molecule has 0 aliphatic rings. The van der Waals surface area contributed by atoms with Gasteiger partial charge in [-0.2, -0.15) is 0 Å². The standard InChI is InChI=1S/C20H15N5O5/c26-16(22-20-24-23-18(30-20)13-6-2-1-3-7-13)11-29-17(27)10-25-12-21-15-9-5-4-8-14(15)19(25)28/h1-9,12H,10-11H2,(H,22,24,26). The normalized spacial score (nSPS) is 10.7. The molecule has 0 radical (unpaired) electrons. The third-order valence-electron chi connectivity index (χ3n) is 4.09. The summed E-state index contributed by atoms with van der Waals surface area (Å²) in [5.74, 6) is -1.18. The highest BCUT2D eigenvalue weighted by Gasteiger charge is 2.14. The van der Waals surface area contributed by atoms with Gasteiger partial charge in [0, 0.05) is 5.56 Å². The molecule has 10 heteroatoms. The molecule has 4 aromatic rings. The van der Waals surface area contributed by atoms with Gasteiger partial charge in [-0.3, -0.25) is 24.3 Å². The molecular formula is C20H15N5O5. The number of fused-ring (bicyclic) bond motifs is 1. The molecule has 2 heterocycles. The zero-order valence-electron chi connectivity index (χ0n) is 15.5. The molecule has 2 aromatic heterocycles. The second kappa shape index (κ2) is 8.35. The maximum Gasteiger partial charge on any atom is 0.326 e. The van der Waals surface area contributed by atoms with Gasteiger partial charge in [-0.1, -0.05) is 35.4 Å². The van der Waals surface area contributed by atoms with E-state index >= 15 is 0 Å². The molecule has 0 aliphatic heterocycles. The molecule has 0 fully saturated rings. The smallest absolute Gasteiger partial charge is 0.326 e. The first-order valence-corrected chi connectivity index (χ1v) is 8.89. The van der Waals surface area contributed by atoms with Crippen molar-refractivity contribution in [1.29, 1.82) is 0 Å². The summed E-state index contributed by atoms with van der Waals surface area (Å²) in [6.07, 6.45) is 1.26. The predicted molar refractivity (Wildman–Crippen MR) is 105 cm³/mol. The summed E-state index contributed by atoms with van der Waals surface area (Å²) in [6.45, 7) is -0.944. The Kier molecular flexibility index (Phi) is 5.29. The number of esters is 1. The Bertz CT molecular complexity index is 1270. The Morgan fingerprint density at radius 1 is 1.03 bits per heavy atom. The van der Waals surface area contributed by atoms with E-state index in [2.05, 4.69) is 20.5 Å². The number of aromatic nitrogens is 4. The van der Waals surface area contributed by atoms with Crippen molar-refractivity contribution >= 4 is 28.8 Å². The lowest BCUT2D eigenvalue weighted by Crippen LogP contribution is -2.28. The first kappa shape index (κ1) is 19.0. The Hall–Kier alpha value is -4.34. The molecule has 0 unspecified atom stereocenters. The van der Waals surface area contributed by atoms with Crippen molar-refractivity contribution in [2.75, 3.05) is 11.9 Å². The molecule has 0 spiro atoms. The lowest BCUT2D eigenvalue weighted by atomic mass is 10.2. The quantitative estimate of drug-likeness (QED) is 0.479. The predicted octanol–water partition coefficient (Wildman–Crippen LogP) is 1.63. The minimum Gasteiger partial charge on any atom is -0.454 e. The molecule has 10 nitrogen and oxygen atoms in total. The minimum atomic E-state index is -0.764. The van der Waals surface area contributed by atoms with E-state index in [1.54, 1.807) is 36.4 Å². The van der Waals surface area contributed by atoms with E-state index < -0.39 is 18.5 Å². The van der Waals surface area contributed by atoms with E-state index in [-0.39, 0.29) is 24.0 Å². The maximum absolute atomic E-state index is 12.4. The number of nitrogens with one attached hydrogen (secondary N) is 1. The zero-order valence-corrected chi connectivity index (χ0v) is 15.5. The first-order chi connectivity index (χ1) is 14.6. The van der Waals surface area contributed by atoms with Crippen molar-refractivity contribution < 1.29 is 18.7 Å². The molecule has 0 atom stereocenters. The molecule has 0 bridgehead atoms. The van der Waals surface area contributed by atoms with Crippen molar-refractivity contribution in [3.05, 3.63) is 71.3 Å². The molecule has 2 aromatic carbocycles. The molecule has 0 aliphatic carbocycles. The largest absolute Gasteiger partial charge is 0.454 e. The van der Waals surface area contributed by atoms with Crippen LogP contribution in [0.1, 0.15) is 0 Å². The molecule has 1 amide bonds. The van der Waals surface area contributed by atoms with Gasteiger partial charge in [-0.05, 0) is 24.3 Å². The number of para-hydroxylation sites is 1. The van der Waals surface area contributed by atoms with Crippen LogP contribution in [0.2, 0.25) is 0 Å². The van der Waals surface area contributed by atoms with E-state index in [0.717, 1.165) is 4.57 Å². The van der Waals surface area contributed by atoms with Crippen molar-refractivity contribution in [1.82, 2.24) is 19.7 Å². The van der Waals surface area contributed by atoms with E-state index in [1.807, 2.05) is 18.2 Å². The van der Waals surface area contributed by atoms with Crippen LogP contribution in [0.5, 0.6) is 0 Å². The third-order valence-corrected chi connectivity index (χ3v) is 4.09. The Balaban J connectivity index is 1.32. The number of rotatable bonds is 6. The molecule has 0 saturated carbocycles. The number of nitrogens with zero attached hydrogens (tertiary/aromatic N) is 4. The number of amides is 1. The van der Waals surface area contributed by atoms with Crippen LogP contribution in [0.4, 0.5) is 6.01 Å². The van der Waals surface area contributed by atoms with Gasteiger partial charge in [0.25, 0.3) is 11.5 Å². The highest BCUT2D eigenvalue weighted by atomic mass is 16.5. The van der Waals surface area contributed by atoms with Gasteiger partial charge in [-0.15, -0.1) is 5.10 Å². The second-order valence-electron chi connectivity index (χ2n) is 6.18. The Morgan fingerprint density at radius 3 is 2.63 bits per heavy atom. The highest BCUT2D eigenvalue weighted by molar-refractivity contribution is 5.91. The average Bonchev–Trinajstić information content (AvgIpc) is 3.23. The van der Waals surface area contributed by atoms with Crippen molar-refractivity contribution in [2.45, 2.75) is 6.54 Å². The summed E-state index contributed by atoms with van der Waals surface area (Å²) in [7, 11) is 0. The van der Waals surface area contributed by atoms with Crippen LogP contribution >= 0.6 is 0 Å². The summed E-state index contributed by atoms with van der Waals surface area (Å²) in [4.78, 5) is 40.5. The summed E-state index contributed by atoms with van der Waals surface area (Å²) in [5, 5.41) is 10.3. The van der Waals surface area contributed by atoms with Crippen LogP contribution in [-0.4, -0.2) is 38.2 Å². The fourth-order valence-corrected chi connectivity index (χ4v) is 2.68. The number of hydrogen-bond donors (Lipinski definition) is 1. The SMILES string of the molecule is O=C(COC(=O)Cn1cnc2ccccc2c1=O)Nc1nnc(-c2ccccc2)o1. The monoisotopic (exact) mass is 405 g/mol. The number of carbonyl (C=O) groups is 2. The van der Waals surface area contributed by atoms with Gasteiger partial charge in [0.15, 0.2) is 6.61 Å². The number of benzene rings is 2. The number of hydrogen-bond acceptors (Lipinski definition) is 8. The van der Waals surface area contributed by atoms with Gasteiger partial charge in [0.1, 0.15) is 6.54 Å². The van der Waals surface area contributed by atoms with Crippen molar-refractivity contribution in [3.8, 4) is 11.5 Å². The van der Waals surface area contributed by atoms with E-state index in [9.17, 15) is 14.4 Å². The fourth-order valence-electron chi connectivity index (χ4n) is 2.68. The van der Waals surface area contributed by atoms with E-state index in [4.69, 9.17) is 9.15 Å². The summed E-state index contributed by atoms with van der Waals surface area (Å²) in [5.41, 5.74) is 0.855. The summed E-state index contributed by atoms with van der Waals surface area (Å²) < 4.78 is 11.4. The van der Waals surface area contributed by atoms with Crippen LogP contribution in [0.15, 0.2) is 70.1 Å². The fraction of sp³-hybridized carbons (Fsp3) is 0.100. The van der Waals surface area contributed by atoms with Crippen LogP contribution in [0, 0.1) is 0 Å². The van der Waals surface area contributed by atoms with Gasteiger partial charge < -0.3 is 9.15 Å². The van der Waals surface area contributed by atoms with Gasteiger partial charge in [0.2, 0.25) is 5.89 Å². The average molecular weight is 405 g/mol.